The lowest BCUT2D eigenvalue weighted by molar-refractivity contribution is -0.132. The van der Waals surface area contributed by atoms with Crippen molar-refractivity contribution in [3.05, 3.63) is 44.9 Å². The van der Waals surface area contributed by atoms with Crippen LogP contribution in [0.3, 0.4) is 0 Å². The van der Waals surface area contributed by atoms with Crippen LogP contribution < -0.4 is 5.32 Å². The van der Waals surface area contributed by atoms with Gasteiger partial charge in [-0.25, -0.2) is 4.98 Å². The number of anilines is 1. The molecule has 6 heteroatoms. The van der Waals surface area contributed by atoms with Crippen molar-refractivity contribution in [2.24, 2.45) is 0 Å². The molecule has 1 aromatic heterocycles. The number of benzene rings is 1. The summed E-state index contributed by atoms with van der Waals surface area (Å²) in [5.74, 6) is -0.317. The summed E-state index contributed by atoms with van der Waals surface area (Å²) < 4.78 is 0. The second kappa shape index (κ2) is 7.57. The molecule has 0 aliphatic rings. The average Bonchev–Trinajstić information content (AvgIpc) is 2.87. The second-order valence-electron chi connectivity index (χ2n) is 6.11. The summed E-state index contributed by atoms with van der Waals surface area (Å²) in [5, 5.41) is 5.72. The van der Waals surface area contributed by atoms with E-state index < -0.39 is 0 Å². The zero-order chi connectivity index (χ0) is 17.9. The van der Waals surface area contributed by atoms with Crippen LogP contribution in [0.5, 0.6) is 0 Å². The summed E-state index contributed by atoms with van der Waals surface area (Å²) in [6, 6.07) is 4.06. The van der Waals surface area contributed by atoms with Crippen molar-refractivity contribution in [2.75, 3.05) is 18.9 Å². The zero-order valence-corrected chi connectivity index (χ0v) is 15.6. The van der Waals surface area contributed by atoms with E-state index >= 15 is 0 Å². The third-order valence-corrected chi connectivity index (χ3v) is 4.57. The highest BCUT2D eigenvalue weighted by Crippen LogP contribution is 2.21. The first-order chi connectivity index (χ1) is 11.3. The zero-order valence-electron chi connectivity index (χ0n) is 14.8. The Morgan fingerprint density at radius 2 is 1.79 bits per heavy atom. The molecular formula is C18H23N3O2S. The minimum absolute atomic E-state index is 0.0225. The Bertz CT molecular complexity index is 744. The Hall–Kier alpha value is -2.21. The Morgan fingerprint density at radius 3 is 2.33 bits per heavy atom. The fourth-order valence-corrected chi connectivity index (χ4v) is 3.25. The van der Waals surface area contributed by atoms with Crippen LogP contribution in [0.1, 0.15) is 27.4 Å². The molecule has 24 heavy (non-hydrogen) atoms. The van der Waals surface area contributed by atoms with E-state index in [1.165, 1.54) is 16.2 Å². The molecule has 2 amide bonds. The minimum Gasteiger partial charge on any atom is -0.336 e. The number of hydrogen-bond donors (Lipinski definition) is 1. The molecule has 2 rings (SSSR count). The van der Waals surface area contributed by atoms with Gasteiger partial charge in [0.1, 0.15) is 0 Å². The fraction of sp³-hybridized carbons (Fsp3) is 0.389. The Balaban J connectivity index is 1.95. The van der Waals surface area contributed by atoms with Gasteiger partial charge in [-0.15, -0.1) is 11.3 Å². The number of carbonyl (C=O) groups is 2. The van der Waals surface area contributed by atoms with Crippen molar-refractivity contribution in [1.29, 1.82) is 0 Å². The van der Waals surface area contributed by atoms with E-state index in [1.54, 1.807) is 7.05 Å². The fourth-order valence-electron chi connectivity index (χ4n) is 2.64. The number of thiazole rings is 1. The van der Waals surface area contributed by atoms with Crippen molar-refractivity contribution in [2.45, 2.75) is 34.1 Å². The molecule has 2 aromatic rings. The number of aromatic nitrogens is 1. The number of nitrogens with zero attached hydrogens (tertiary/aromatic N) is 2. The lowest BCUT2D eigenvalue weighted by atomic mass is 10.1. The van der Waals surface area contributed by atoms with Gasteiger partial charge in [0.05, 0.1) is 23.7 Å². The largest absolute Gasteiger partial charge is 0.336 e. The van der Waals surface area contributed by atoms with Crippen LogP contribution in [0.4, 0.5) is 5.69 Å². The Kier molecular flexibility index (Phi) is 5.72. The first kappa shape index (κ1) is 18.1. The summed E-state index contributed by atoms with van der Waals surface area (Å²) in [5.41, 5.74) is 4.77. The lowest BCUT2D eigenvalue weighted by Gasteiger charge is -2.18. The van der Waals surface area contributed by atoms with E-state index in [9.17, 15) is 9.59 Å². The Labute approximate surface area is 146 Å². The van der Waals surface area contributed by atoms with Gasteiger partial charge in [-0.2, -0.15) is 0 Å². The number of rotatable bonds is 5. The van der Waals surface area contributed by atoms with E-state index in [-0.39, 0.29) is 24.8 Å². The first-order valence-corrected chi connectivity index (χ1v) is 8.67. The van der Waals surface area contributed by atoms with Gasteiger partial charge in [0.2, 0.25) is 11.8 Å². The Morgan fingerprint density at radius 1 is 1.17 bits per heavy atom. The molecule has 1 aromatic carbocycles. The average molecular weight is 345 g/mol. The van der Waals surface area contributed by atoms with Crippen molar-refractivity contribution < 1.29 is 9.59 Å². The molecule has 0 saturated carbocycles. The molecule has 0 unspecified atom stereocenters. The van der Waals surface area contributed by atoms with Crippen LogP contribution in [0, 0.1) is 27.7 Å². The van der Waals surface area contributed by atoms with Crippen LogP contribution in [0.15, 0.2) is 17.5 Å². The number of amides is 2. The maximum absolute atomic E-state index is 12.3. The molecule has 1 N–H and O–H groups in total. The molecule has 0 radical (unpaired) electrons. The molecular weight excluding hydrogens is 322 g/mol. The van der Waals surface area contributed by atoms with Crippen LogP contribution in [0.2, 0.25) is 0 Å². The molecule has 5 nitrogen and oxygen atoms in total. The molecule has 0 fully saturated rings. The normalized spacial score (nSPS) is 10.5. The number of nitrogens with one attached hydrogen (secondary N) is 1. The molecule has 0 bridgehead atoms. The van der Waals surface area contributed by atoms with E-state index in [4.69, 9.17) is 0 Å². The second-order valence-corrected chi connectivity index (χ2v) is 7.17. The summed E-state index contributed by atoms with van der Waals surface area (Å²) in [4.78, 5) is 30.2. The van der Waals surface area contributed by atoms with Gasteiger partial charge in [-0.3, -0.25) is 9.59 Å². The smallest absolute Gasteiger partial charge is 0.243 e. The quantitative estimate of drug-likeness (QED) is 0.906. The number of carbonyl (C=O) groups excluding carboxylic acids is 2. The van der Waals surface area contributed by atoms with Gasteiger partial charge in [-0.05, 0) is 38.8 Å². The van der Waals surface area contributed by atoms with E-state index in [0.717, 1.165) is 33.1 Å². The third-order valence-electron chi connectivity index (χ3n) is 3.75. The van der Waals surface area contributed by atoms with Gasteiger partial charge in [0.25, 0.3) is 0 Å². The lowest BCUT2D eigenvalue weighted by Crippen LogP contribution is -2.36. The van der Waals surface area contributed by atoms with E-state index in [1.807, 2.05) is 45.2 Å². The maximum Gasteiger partial charge on any atom is 0.243 e. The van der Waals surface area contributed by atoms with Crippen LogP contribution in [-0.2, 0) is 16.0 Å². The first-order valence-electron chi connectivity index (χ1n) is 7.79. The SMILES string of the molecule is Cc1cc(C)c(NC(=O)CN(C)C(=O)Cc2csc(C)n2)c(C)c1. The van der Waals surface area contributed by atoms with E-state index in [0.29, 0.717) is 0 Å². The van der Waals surface area contributed by atoms with Crippen LogP contribution >= 0.6 is 11.3 Å². The van der Waals surface area contributed by atoms with Crippen molar-refractivity contribution in [3.8, 4) is 0 Å². The number of likely N-dealkylation sites (N-methyl/N-ethyl adjacent to an activating group) is 1. The molecule has 0 saturated heterocycles. The third kappa shape index (κ3) is 4.64. The summed E-state index contributed by atoms with van der Waals surface area (Å²) in [6.45, 7) is 7.89. The minimum atomic E-state index is -0.199. The molecule has 0 aliphatic carbocycles. The van der Waals surface area contributed by atoms with Crippen LogP contribution in [-0.4, -0.2) is 35.3 Å². The van der Waals surface area contributed by atoms with Crippen molar-refractivity contribution in [3.63, 3.8) is 0 Å². The summed E-state index contributed by atoms with van der Waals surface area (Å²) >= 11 is 1.52. The van der Waals surface area contributed by atoms with Gasteiger partial charge >= 0.3 is 0 Å². The summed E-state index contributed by atoms with van der Waals surface area (Å²) in [7, 11) is 1.63. The maximum atomic E-state index is 12.3. The highest BCUT2D eigenvalue weighted by molar-refractivity contribution is 7.09. The molecule has 1 heterocycles. The standard InChI is InChI=1S/C18H23N3O2S/c1-11-6-12(2)18(13(3)7-11)20-16(22)9-21(5)17(23)8-15-10-24-14(4)19-15/h6-7,10H,8-9H2,1-5H3,(H,20,22). The van der Waals surface area contributed by atoms with Gasteiger partial charge in [-0.1, -0.05) is 17.7 Å². The van der Waals surface area contributed by atoms with Crippen LogP contribution in [0.25, 0.3) is 0 Å². The van der Waals surface area contributed by atoms with Gasteiger partial charge in [0, 0.05) is 18.1 Å². The number of aryl methyl sites for hydroxylation is 4. The van der Waals surface area contributed by atoms with Gasteiger partial charge < -0.3 is 10.2 Å². The molecule has 128 valence electrons. The highest BCUT2D eigenvalue weighted by Gasteiger charge is 2.16. The van der Waals surface area contributed by atoms with Crippen molar-refractivity contribution >= 4 is 28.8 Å². The highest BCUT2D eigenvalue weighted by atomic mass is 32.1. The van der Waals surface area contributed by atoms with Gasteiger partial charge in [0.15, 0.2) is 0 Å². The van der Waals surface area contributed by atoms with E-state index in [2.05, 4.69) is 10.3 Å². The molecule has 0 atom stereocenters. The molecule has 0 aliphatic heterocycles. The number of hydrogen-bond acceptors (Lipinski definition) is 4. The predicted molar refractivity (Wildman–Crippen MR) is 97.5 cm³/mol. The molecule has 0 spiro atoms. The predicted octanol–water partition coefficient (Wildman–Crippen LogP) is 3.02. The monoisotopic (exact) mass is 345 g/mol. The summed E-state index contributed by atoms with van der Waals surface area (Å²) in [6.07, 6.45) is 0.219. The van der Waals surface area contributed by atoms with Crippen molar-refractivity contribution in [1.82, 2.24) is 9.88 Å². The topological polar surface area (TPSA) is 62.3 Å².